The fourth-order valence-electron chi connectivity index (χ4n) is 1.99. The molecule has 0 aliphatic rings. The lowest BCUT2D eigenvalue weighted by Crippen LogP contribution is -2.49. The van der Waals surface area contributed by atoms with Gasteiger partial charge in [-0.3, -0.25) is 9.59 Å². The zero-order valence-electron chi connectivity index (χ0n) is 13.3. The van der Waals surface area contributed by atoms with Crippen LogP contribution in [0.2, 0.25) is 0 Å². The van der Waals surface area contributed by atoms with Crippen LogP contribution in [0.1, 0.15) is 18.4 Å². The lowest BCUT2D eigenvalue weighted by Gasteiger charge is -2.19. The molecule has 7 heteroatoms. The molecule has 126 valence electrons. The number of amides is 1. The van der Waals surface area contributed by atoms with Gasteiger partial charge in [0.05, 0.1) is 20.3 Å². The summed E-state index contributed by atoms with van der Waals surface area (Å²) in [5, 5.41) is 2.52. The Morgan fingerprint density at radius 3 is 2.35 bits per heavy atom. The van der Waals surface area contributed by atoms with E-state index in [1.165, 1.54) is 14.2 Å². The lowest BCUT2D eigenvalue weighted by atomic mass is 10.1. The van der Waals surface area contributed by atoms with Crippen LogP contribution in [0.4, 0.5) is 0 Å². The molecule has 1 amide bonds. The van der Waals surface area contributed by atoms with Crippen molar-refractivity contribution < 1.29 is 23.9 Å². The van der Waals surface area contributed by atoms with Gasteiger partial charge in [0.2, 0.25) is 5.91 Å². The maximum Gasteiger partial charge on any atom is 0.328 e. The van der Waals surface area contributed by atoms with E-state index >= 15 is 0 Å². The largest absolute Gasteiger partial charge is 0.469 e. The number of rotatable bonds is 8. The van der Waals surface area contributed by atoms with Crippen LogP contribution >= 0.6 is 0 Å². The van der Waals surface area contributed by atoms with E-state index in [1.54, 1.807) is 0 Å². The Bertz CT molecular complexity index is 533. The molecule has 7 nitrogen and oxygen atoms in total. The molecule has 0 bridgehead atoms. The van der Waals surface area contributed by atoms with E-state index in [0.29, 0.717) is 6.42 Å². The number of ether oxygens (including phenoxy) is 2. The summed E-state index contributed by atoms with van der Waals surface area (Å²) in [4.78, 5) is 35.0. The summed E-state index contributed by atoms with van der Waals surface area (Å²) in [5.74, 6) is -1.58. The number of esters is 2. The van der Waals surface area contributed by atoms with Crippen molar-refractivity contribution in [2.75, 3.05) is 14.2 Å². The van der Waals surface area contributed by atoms with Gasteiger partial charge in [-0.15, -0.1) is 0 Å². The molecular weight excluding hydrogens is 300 g/mol. The Balaban J connectivity index is 2.60. The van der Waals surface area contributed by atoms with Crippen molar-refractivity contribution in [3.63, 3.8) is 0 Å². The molecule has 0 spiro atoms. The Hall–Kier alpha value is -2.41. The van der Waals surface area contributed by atoms with E-state index in [-0.39, 0.29) is 12.8 Å². The molecule has 0 saturated carbocycles. The molecule has 0 aromatic heterocycles. The van der Waals surface area contributed by atoms with Gasteiger partial charge in [-0.05, 0) is 18.4 Å². The molecule has 1 rings (SSSR count). The first kappa shape index (κ1) is 18.6. The summed E-state index contributed by atoms with van der Waals surface area (Å²) in [6.45, 7) is 0. The second-order valence-electron chi connectivity index (χ2n) is 5.00. The number of hydrogen-bond donors (Lipinski definition) is 2. The highest BCUT2D eigenvalue weighted by Crippen LogP contribution is 2.05. The molecule has 23 heavy (non-hydrogen) atoms. The van der Waals surface area contributed by atoms with Gasteiger partial charge in [0, 0.05) is 6.42 Å². The normalized spacial score (nSPS) is 12.8. The Morgan fingerprint density at radius 1 is 1.13 bits per heavy atom. The van der Waals surface area contributed by atoms with Crippen molar-refractivity contribution in [1.29, 1.82) is 0 Å². The third-order valence-electron chi connectivity index (χ3n) is 3.30. The molecule has 0 heterocycles. The van der Waals surface area contributed by atoms with Crippen molar-refractivity contribution in [2.45, 2.75) is 31.3 Å². The van der Waals surface area contributed by atoms with Crippen molar-refractivity contribution in [1.82, 2.24) is 5.32 Å². The first-order chi connectivity index (χ1) is 11.0. The molecular formula is C16H22N2O5. The van der Waals surface area contributed by atoms with Crippen LogP contribution in [0.25, 0.3) is 0 Å². The van der Waals surface area contributed by atoms with Crippen molar-refractivity contribution in [3.05, 3.63) is 35.9 Å². The fraction of sp³-hybridized carbons (Fsp3) is 0.438. The Morgan fingerprint density at radius 2 is 1.78 bits per heavy atom. The molecule has 0 radical (unpaired) electrons. The van der Waals surface area contributed by atoms with Gasteiger partial charge in [-0.2, -0.15) is 0 Å². The predicted octanol–water partition coefficient (Wildman–Crippen LogP) is 0.167. The average Bonchev–Trinajstić information content (AvgIpc) is 2.58. The summed E-state index contributed by atoms with van der Waals surface area (Å²) in [5.41, 5.74) is 6.78. The first-order valence-corrected chi connectivity index (χ1v) is 7.22. The number of methoxy groups -OCH3 is 2. The second kappa shape index (κ2) is 9.58. The topological polar surface area (TPSA) is 108 Å². The van der Waals surface area contributed by atoms with Crippen LogP contribution in [0.5, 0.6) is 0 Å². The number of nitrogens with one attached hydrogen (secondary N) is 1. The lowest BCUT2D eigenvalue weighted by molar-refractivity contribution is -0.146. The Labute approximate surface area is 135 Å². The zero-order valence-corrected chi connectivity index (χ0v) is 13.3. The highest BCUT2D eigenvalue weighted by atomic mass is 16.5. The van der Waals surface area contributed by atoms with E-state index in [1.807, 2.05) is 30.3 Å². The van der Waals surface area contributed by atoms with Crippen LogP contribution in [-0.4, -0.2) is 44.1 Å². The van der Waals surface area contributed by atoms with Crippen molar-refractivity contribution in [2.24, 2.45) is 5.73 Å². The summed E-state index contributed by atoms with van der Waals surface area (Å²) in [6, 6.07) is 7.57. The minimum absolute atomic E-state index is 0.00945. The summed E-state index contributed by atoms with van der Waals surface area (Å²) < 4.78 is 9.15. The van der Waals surface area contributed by atoms with Crippen LogP contribution < -0.4 is 11.1 Å². The van der Waals surface area contributed by atoms with Gasteiger partial charge < -0.3 is 20.5 Å². The standard InChI is InChI=1S/C16H22N2O5/c1-22-14(19)9-8-13(16(21)23-2)18-15(20)12(17)10-11-6-4-3-5-7-11/h3-7,12-13H,8-10,17H2,1-2H3,(H,18,20)/t12-,13+/m1/s1. The average molecular weight is 322 g/mol. The SMILES string of the molecule is COC(=O)CC[C@H](NC(=O)[C@H](N)Cc1ccccc1)C(=O)OC. The third kappa shape index (κ3) is 6.48. The predicted molar refractivity (Wildman–Crippen MR) is 83.3 cm³/mol. The fourth-order valence-corrected chi connectivity index (χ4v) is 1.99. The third-order valence-corrected chi connectivity index (χ3v) is 3.30. The molecule has 1 aromatic rings. The molecule has 0 saturated heterocycles. The van der Waals surface area contributed by atoms with Crippen LogP contribution in [-0.2, 0) is 30.3 Å². The second-order valence-corrected chi connectivity index (χ2v) is 5.00. The molecule has 0 fully saturated rings. The highest BCUT2D eigenvalue weighted by molar-refractivity contribution is 5.87. The number of nitrogens with two attached hydrogens (primary N) is 1. The molecule has 0 unspecified atom stereocenters. The van der Waals surface area contributed by atoms with E-state index in [4.69, 9.17) is 5.73 Å². The van der Waals surface area contributed by atoms with Gasteiger partial charge in [0.25, 0.3) is 0 Å². The van der Waals surface area contributed by atoms with E-state index in [9.17, 15) is 14.4 Å². The molecule has 3 N–H and O–H groups in total. The summed E-state index contributed by atoms with van der Waals surface area (Å²) in [7, 11) is 2.47. The van der Waals surface area contributed by atoms with E-state index in [2.05, 4.69) is 14.8 Å². The first-order valence-electron chi connectivity index (χ1n) is 7.22. The Kier molecular flexibility index (Phi) is 7.76. The van der Waals surface area contributed by atoms with Crippen LogP contribution in [0, 0.1) is 0 Å². The monoisotopic (exact) mass is 322 g/mol. The number of hydrogen-bond acceptors (Lipinski definition) is 6. The minimum Gasteiger partial charge on any atom is -0.469 e. The maximum atomic E-state index is 12.1. The van der Waals surface area contributed by atoms with Gasteiger partial charge >= 0.3 is 11.9 Å². The van der Waals surface area contributed by atoms with E-state index < -0.39 is 29.9 Å². The summed E-state index contributed by atoms with van der Waals surface area (Å²) >= 11 is 0. The van der Waals surface area contributed by atoms with Crippen molar-refractivity contribution in [3.8, 4) is 0 Å². The maximum absolute atomic E-state index is 12.1. The zero-order chi connectivity index (χ0) is 17.2. The number of benzene rings is 1. The highest BCUT2D eigenvalue weighted by Gasteiger charge is 2.25. The minimum atomic E-state index is -0.937. The van der Waals surface area contributed by atoms with Gasteiger partial charge in [0.15, 0.2) is 0 Å². The molecule has 0 aliphatic carbocycles. The molecule has 1 aromatic carbocycles. The van der Waals surface area contributed by atoms with Crippen LogP contribution in [0.3, 0.4) is 0 Å². The molecule has 2 atom stereocenters. The van der Waals surface area contributed by atoms with Gasteiger partial charge in [-0.25, -0.2) is 4.79 Å². The molecule has 0 aliphatic heterocycles. The van der Waals surface area contributed by atoms with Crippen molar-refractivity contribution >= 4 is 17.8 Å². The smallest absolute Gasteiger partial charge is 0.328 e. The van der Waals surface area contributed by atoms with E-state index in [0.717, 1.165) is 5.56 Å². The van der Waals surface area contributed by atoms with Gasteiger partial charge in [0.1, 0.15) is 6.04 Å². The number of carbonyl (C=O) groups is 3. The van der Waals surface area contributed by atoms with Gasteiger partial charge in [-0.1, -0.05) is 30.3 Å². The quantitative estimate of drug-likeness (QED) is 0.661. The van der Waals surface area contributed by atoms with Crippen LogP contribution in [0.15, 0.2) is 30.3 Å². The summed E-state index contributed by atoms with van der Waals surface area (Å²) in [6.07, 6.45) is 0.422. The number of carbonyl (C=O) groups excluding carboxylic acids is 3.